The zero-order valence-electron chi connectivity index (χ0n) is 19.1. The molecule has 0 aliphatic carbocycles. The fraction of sp³-hybridized carbons (Fsp3) is 0.130. The fourth-order valence-corrected chi connectivity index (χ4v) is 4.81. The quantitative estimate of drug-likeness (QED) is 0.393. The van der Waals surface area contributed by atoms with E-state index in [1.165, 1.54) is 42.5 Å². The van der Waals surface area contributed by atoms with Crippen molar-refractivity contribution in [3.05, 3.63) is 83.4 Å². The molecule has 0 spiro atoms. The minimum Gasteiger partial charge on any atom is -0.307 e. The second-order valence-electron chi connectivity index (χ2n) is 7.72. The SMILES string of the molecule is Cc1ccc(S(=O)(=O)NC(=O)Nc2cccc(NC(=O)NS(=O)(=O)c3ccc(C)cc3)c2C)cc1. The Labute approximate surface area is 203 Å². The number of nitrogens with one attached hydrogen (secondary N) is 4. The first-order chi connectivity index (χ1) is 16.4. The molecule has 35 heavy (non-hydrogen) atoms. The average molecular weight is 517 g/mol. The Morgan fingerprint density at radius 1 is 0.571 bits per heavy atom. The van der Waals surface area contributed by atoms with Gasteiger partial charge in [0, 0.05) is 11.4 Å². The standard InChI is InChI=1S/C23H24N4O6S2/c1-15-7-11-18(12-8-15)34(30,31)26-22(28)24-20-5-4-6-21(17(20)3)25-23(29)27-35(32,33)19-13-9-16(2)10-14-19/h4-14H,1-3H3,(H2,24,26,28)(H2,25,27,29). The number of sulfonamides is 2. The van der Waals surface area contributed by atoms with Gasteiger partial charge in [0.2, 0.25) is 0 Å². The van der Waals surface area contributed by atoms with Crippen molar-refractivity contribution in [1.29, 1.82) is 0 Å². The second-order valence-corrected chi connectivity index (χ2v) is 11.1. The molecule has 0 saturated heterocycles. The Morgan fingerprint density at radius 3 is 1.26 bits per heavy atom. The molecule has 12 heteroatoms. The van der Waals surface area contributed by atoms with Crippen LogP contribution in [0.2, 0.25) is 0 Å². The molecule has 0 aromatic heterocycles. The highest BCUT2D eigenvalue weighted by molar-refractivity contribution is 7.90. The number of carbonyl (C=O) groups excluding carboxylic acids is 2. The van der Waals surface area contributed by atoms with Gasteiger partial charge in [-0.25, -0.2) is 35.9 Å². The number of carbonyl (C=O) groups is 2. The van der Waals surface area contributed by atoms with Crippen molar-refractivity contribution in [2.75, 3.05) is 10.6 Å². The Kier molecular flexibility index (Phi) is 7.46. The van der Waals surface area contributed by atoms with Crippen molar-refractivity contribution in [3.63, 3.8) is 0 Å². The summed E-state index contributed by atoms with van der Waals surface area (Å²) < 4.78 is 53.5. The van der Waals surface area contributed by atoms with Crippen molar-refractivity contribution in [2.24, 2.45) is 0 Å². The number of urea groups is 2. The third-order valence-corrected chi connectivity index (χ3v) is 7.64. The molecule has 3 aromatic rings. The summed E-state index contributed by atoms with van der Waals surface area (Å²) in [6.07, 6.45) is 0. The summed E-state index contributed by atoms with van der Waals surface area (Å²) in [5, 5.41) is 4.84. The van der Waals surface area contributed by atoms with Gasteiger partial charge in [-0.05, 0) is 62.7 Å². The van der Waals surface area contributed by atoms with Crippen LogP contribution in [0.4, 0.5) is 21.0 Å². The van der Waals surface area contributed by atoms with E-state index in [2.05, 4.69) is 10.6 Å². The zero-order valence-corrected chi connectivity index (χ0v) is 20.7. The lowest BCUT2D eigenvalue weighted by Gasteiger charge is -2.15. The predicted octanol–water partition coefficient (Wildman–Crippen LogP) is 3.63. The zero-order chi connectivity index (χ0) is 25.8. The van der Waals surface area contributed by atoms with Crippen molar-refractivity contribution in [2.45, 2.75) is 30.6 Å². The number of amides is 4. The number of benzene rings is 3. The van der Waals surface area contributed by atoms with E-state index in [4.69, 9.17) is 0 Å². The molecule has 0 aliphatic heterocycles. The van der Waals surface area contributed by atoms with Crippen LogP contribution in [0.3, 0.4) is 0 Å². The lowest BCUT2D eigenvalue weighted by molar-refractivity contribution is 0.255. The molecule has 0 bridgehead atoms. The van der Waals surface area contributed by atoms with E-state index in [0.717, 1.165) is 11.1 Å². The average Bonchev–Trinajstić information content (AvgIpc) is 2.76. The van der Waals surface area contributed by atoms with Gasteiger partial charge in [-0.2, -0.15) is 0 Å². The molecule has 0 saturated carbocycles. The topological polar surface area (TPSA) is 151 Å². The van der Waals surface area contributed by atoms with Crippen LogP contribution in [0.15, 0.2) is 76.5 Å². The summed E-state index contributed by atoms with van der Waals surface area (Å²) in [7, 11) is -8.19. The van der Waals surface area contributed by atoms with E-state index in [1.807, 2.05) is 9.44 Å². The van der Waals surface area contributed by atoms with Gasteiger partial charge in [0.15, 0.2) is 0 Å². The Hall–Kier alpha value is -3.90. The third kappa shape index (κ3) is 6.58. The molecule has 0 heterocycles. The summed E-state index contributed by atoms with van der Waals surface area (Å²) in [5.74, 6) is 0. The fourth-order valence-electron chi connectivity index (χ4n) is 3.00. The van der Waals surface area contributed by atoms with Gasteiger partial charge in [-0.1, -0.05) is 41.5 Å². The number of anilines is 2. The van der Waals surface area contributed by atoms with Gasteiger partial charge in [0.25, 0.3) is 20.0 Å². The first kappa shape index (κ1) is 25.7. The molecule has 0 aliphatic rings. The van der Waals surface area contributed by atoms with E-state index in [1.54, 1.807) is 45.0 Å². The molecule has 184 valence electrons. The van der Waals surface area contributed by atoms with E-state index < -0.39 is 32.1 Å². The first-order valence-corrected chi connectivity index (χ1v) is 13.2. The van der Waals surface area contributed by atoms with Crippen molar-refractivity contribution in [3.8, 4) is 0 Å². The summed E-state index contributed by atoms with van der Waals surface area (Å²) >= 11 is 0. The maximum atomic E-state index is 12.4. The number of rotatable bonds is 6. The molecule has 0 unspecified atom stereocenters. The lowest BCUT2D eigenvalue weighted by Crippen LogP contribution is -2.35. The predicted molar refractivity (Wildman–Crippen MR) is 132 cm³/mol. The van der Waals surface area contributed by atoms with Crippen LogP contribution in [-0.4, -0.2) is 28.9 Å². The molecule has 0 radical (unpaired) electrons. The van der Waals surface area contributed by atoms with Gasteiger partial charge in [0.05, 0.1) is 9.79 Å². The highest BCUT2D eigenvalue weighted by Gasteiger charge is 2.20. The maximum absolute atomic E-state index is 12.4. The van der Waals surface area contributed by atoms with Crippen molar-refractivity contribution < 1.29 is 26.4 Å². The normalized spacial score (nSPS) is 11.4. The van der Waals surface area contributed by atoms with Crippen LogP contribution in [0.25, 0.3) is 0 Å². The summed E-state index contributed by atoms with van der Waals surface area (Å²) in [4.78, 5) is 24.5. The van der Waals surface area contributed by atoms with Gasteiger partial charge >= 0.3 is 12.1 Å². The van der Waals surface area contributed by atoms with Gasteiger partial charge in [-0.15, -0.1) is 0 Å². The number of hydrogen-bond donors (Lipinski definition) is 4. The molecular formula is C23H24N4O6S2. The largest absolute Gasteiger partial charge is 0.333 e. The summed E-state index contributed by atoms with van der Waals surface area (Å²) in [5.41, 5.74) is 2.52. The molecule has 3 rings (SSSR count). The van der Waals surface area contributed by atoms with E-state index >= 15 is 0 Å². The van der Waals surface area contributed by atoms with E-state index in [0.29, 0.717) is 5.56 Å². The molecule has 0 atom stereocenters. The number of aryl methyl sites for hydroxylation is 2. The summed E-state index contributed by atoms with van der Waals surface area (Å²) in [6.45, 7) is 5.17. The second kappa shape index (κ2) is 10.2. The van der Waals surface area contributed by atoms with Crippen LogP contribution in [0.1, 0.15) is 16.7 Å². The van der Waals surface area contributed by atoms with Crippen LogP contribution in [-0.2, 0) is 20.0 Å². The monoisotopic (exact) mass is 516 g/mol. The Bertz CT molecular complexity index is 1360. The molecule has 10 nitrogen and oxygen atoms in total. The Morgan fingerprint density at radius 2 is 0.914 bits per heavy atom. The molecule has 4 amide bonds. The highest BCUT2D eigenvalue weighted by atomic mass is 32.2. The van der Waals surface area contributed by atoms with Crippen LogP contribution in [0, 0.1) is 20.8 Å². The lowest BCUT2D eigenvalue weighted by atomic mass is 10.1. The minimum atomic E-state index is -4.10. The molecular weight excluding hydrogens is 492 g/mol. The first-order valence-electron chi connectivity index (χ1n) is 10.3. The van der Waals surface area contributed by atoms with E-state index in [-0.39, 0.29) is 21.2 Å². The summed E-state index contributed by atoms with van der Waals surface area (Å²) in [6, 6.07) is 14.4. The minimum absolute atomic E-state index is 0.0724. The van der Waals surface area contributed by atoms with Crippen LogP contribution in [0.5, 0.6) is 0 Å². The molecule has 3 aromatic carbocycles. The smallest absolute Gasteiger partial charge is 0.307 e. The highest BCUT2D eigenvalue weighted by Crippen LogP contribution is 2.23. The Balaban J connectivity index is 1.69. The van der Waals surface area contributed by atoms with Crippen LogP contribution >= 0.6 is 0 Å². The van der Waals surface area contributed by atoms with Crippen LogP contribution < -0.4 is 20.1 Å². The molecule has 0 fully saturated rings. The van der Waals surface area contributed by atoms with E-state index in [9.17, 15) is 26.4 Å². The number of hydrogen-bond acceptors (Lipinski definition) is 6. The maximum Gasteiger partial charge on any atom is 0.333 e. The third-order valence-electron chi connectivity index (χ3n) is 4.95. The van der Waals surface area contributed by atoms with Crippen molar-refractivity contribution in [1.82, 2.24) is 9.44 Å². The molecule has 4 N–H and O–H groups in total. The van der Waals surface area contributed by atoms with Gasteiger partial charge < -0.3 is 10.6 Å². The van der Waals surface area contributed by atoms with Gasteiger partial charge in [0.1, 0.15) is 0 Å². The van der Waals surface area contributed by atoms with Gasteiger partial charge in [-0.3, -0.25) is 0 Å². The van der Waals surface area contributed by atoms with Crippen molar-refractivity contribution >= 4 is 43.5 Å².